The molecule has 0 N–H and O–H groups in total. The van der Waals surface area contributed by atoms with Crippen LogP contribution in [0, 0.1) is 5.92 Å². The van der Waals surface area contributed by atoms with Gasteiger partial charge in [-0.2, -0.15) is 0 Å². The molecule has 0 spiro atoms. The number of carbonyl (C=O) groups is 1. The van der Waals surface area contributed by atoms with E-state index in [1.54, 1.807) is 0 Å². The van der Waals surface area contributed by atoms with Crippen molar-refractivity contribution < 1.29 is 13.6 Å². The standard InChI is InChI=1S/C5H8F2O/c1-4(2-6)5(7)3-8/h3-5H,2H2,1H3. The number of alkyl halides is 2. The lowest BCUT2D eigenvalue weighted by Gasteiger charge is -2.03. The van der Waals surface area contributed by atoms with Crippen LogP contribution in [0.1, 0.15) is 6.92 Å². The van der Waals surface area contributed by atoms with Crippen molar-refractivity contribution in [2.24, 2.45) is 5.92 Å². The van der Waals surface area contributed by atoms with Gasteiger partial charge in [-0.25, -0.2) is 4.39 Å². The van der Waals surface area contributed by atoms with Crippen LogP contribution < -0.4 is 0 Å². The van der Waals surface area contributed by atoms with Crippen molar-refractivity contribution in [3.8, 4) is 0 Å². The molecule has 48 valence electrons. The molecule has 0 aliphatic heterocycles. The molecule has 0 aliphatic carbocycles. The normalized spacial score (nSPS) is 17.4. The van der Waals surface area contributed by atoms with E-state index in [2.05, 4.69) is 0 Å². The number of aldehydes is 1. The first kappa shape index (κ1) is 7.53. The largest absolute Gasteiger partial charge is 0.300 e. The summed E-state index contributed by atoms with van der Waals surface area (Å²) in [4.78, 5) is 9.56. The number of carbonyl (C=O) groups excluding carboxylic acids is 1. The quantitative estimate of drug-likeness (QED) is 0.513. The van der Waals surface area contributed by atoms with E-state index in [9.17, 15) is 13.6 Å². The van der Waals surface area contributed by atoms with Crippen LogP contribution in [0.3, 0.4) is 0 Å². The molecule has 0 bridgehead atoms. The molecule has 0 aromatic heterocycles. The molecule has 0 amide bonds. The van der Waals surface area contributed by atoms with E-state index in [0.717, 1.165) is 0 Å². The third-order valence-corrected chi connectivity index (χ3v) is 0.917. The minimum absolute atomic E-state index is 0.115. The molecule has 1 nitrogen and oxygen atoms in total. The van der Waals surface area contributed by atoms with Gasteiger partial charge in [-0.15, -0.1) is 0 Å². The second-order valence-electron chi connectivity index (χ2n) is 1.71. The van der Waals surface area contributed by atoms with Crippen molar-refractivity contribution in [2.45, 2.75) is 13.1 Å². The summed E-state index contributed by atoms with van der Waals surface area (Å²) in [5, 5.41) is 0. The Hall–Kier alpha value is -0.470. The summed E-state index contributed by atoms with van der Waals surface area (Å²) in [6.07, 6.45) is -1.52. The average Bonchev–Trinajstić information content (AvgIpc) is 1.84. The van der Waals surface area contributed by atoms with Gasteiger partial charge in [0.05, 0.1) is 6.67 Å². The first-order valence-corrected chi connectivity index (χ1v) is 2.37. The van der Waals surface area contributed by atoms with Gasteiger partial charge in [0.1, 0.15) is 0 Å². The van der Waals surface area contributed by atoms with Crippen molar-refractivity contribution in [1.29, 1.82) is 0 Å². The Morgan fingerprint density at radius 1 is 1.75 bits per heavy atom. The summed E-state index contributed by atoms with van der Waals surface area (Å²) in [5.41, 5.74) is 0. The zero-order valence-corrected chi connectivity index (χ0v) is 4.60. The van der Waals surface area contributed by atoms with E-state index in [-0.39, 0.29) is 6.29 Å². The van der Waals surface area contributed by atoms with Crippen molar-refractivity contribution in [3.05, 3.63) is 0 Å². The molecule has 2 atom stereocenters. The maximum Gasteiger partial charge on any atom is 0.160 e. The predicted molar refractivity (Wildman–Crippen MR) is 26.1 cm³/mol. The van der Waals surface area contributed by atoms with Gasteiger partial charge in [-0.3, -0.25) is 4.39 Å². The fourth-order valence-corrected chi connectivity index (χ4v) is 0.219. The zero-order chi connectivity index (χ0) is 6.57. The first-order valence-electron chi connectivity index (χ1n) is 2.37. The van der Waals surface area contributed by atoms with Crippen LogP contribution in [0.25, 0.3) is 0 Å². The highest BCUT2D eigenvalue weighted by Gasteiger charge is 2.13. The number of halogens is 2. The Kier molecular flexibility index (Phi) is 3.31. The van der Waals surface area contributed by atoms with Crippen molar-refractivity contribution in [3.63, 3.8) is 0 Å². The lowest BCUT2D eigenvalue weighted by Crippen LogP contribution is -2.15. The van der Waals surface area contributed by atoms with Gasteiger partial charge in [0.15, 0.2) is 12.5 Å². The SMILES string of the molecule is CC(CF)C(F)C=O. The van der Waals surface area contributed by atoms with E-state index in [4.69, 9.17) is 0 Å². The molecule has 3 heteroatoms. The zero-order valence-electron chi connectivity index (χ0n) is 4.60. The van der Waals surface area contributed by atoms with Crippen molar-refractivity contribution in [2.75, 3.05) is 6.67 Å². The third kappa shape index (κ3) is 2.00. The van der Waals surface area contributed by atoms with E-state index in [1.807, 2.05) is 0 Å². The molecule has 0 aliphatic rings. The van der Waals surface area contributed by atoms with E-state index in [0.29, 0.717) is 0 Å². The first-order chi connectivity index (χ1) is 3.72. The van der Waals surface area contributed by atoms with Crippen LogP contribution in [-0.4, -0.2) is 19.1 Å². The topological polar surface area (TPSA) is 17.1 Å². The highest BCUT2D eigenvalue weighted by atomic mass is 19.1. The Morgan fingerprint density at radius 2 is 2.25 bits per heavy atom. The minimum atomic E-state index is -1.64. The molecule has 0 saturated heterocycles. The second-order valence-corrected chi connectivity index (χ2v) is 1.71. The molecule has 0 radical (unpaired) electrons. The summed E-state index contributed by atoms with van der Waals surface area (Å²) in [7, 11) is 0. The van der Waals surface area contributed by atoms with E-state index >= 15 is 0 Å². The fourth-order valence-electron chi connectivity index (χ4n) is 0.219. The maximum absolute atomic E-state index is 11.9. The van der Waals surface area contributed by atoms with E-state index < -0.39 is 18.8 Å². The Bertz CT molecular complexity index is 74.8. The third-order valence-electron chi connectivity index (χ3n) is 0.917. The second kappa shape index (κ2) is 3.52. The minimum Gasteiger partial charge on any atom is -0.300 e. The molecule has 0 aromatic carbocycles. The van der Waals surface area contributed by atoms with Gasteiger partial charge in [0.25, 0.3) is 0 Å². The molecule has 8 heavy (non-hydrogen) atoms. The van der Waals surface area contributed by atoms with Crippen LogP contribution in [0.15, 0.2) is 0 Å². The van der Waals surface area contributed by atoms with Gasteiger partial charge in [0.2, 0.25) is 0 Å². The van der Waals surface area contributed by atoms with Crippen LogP contribution in [0.2, 0.25) is 0 Å². The molecular weight excluding hydrogens is 114 g/mol. The summed E-state index contributed by atoms with van der Waals surface area (Å²) in [6, 6.07) is 0. The predicted octanol–water partition coefficient (Wildman–Crippen LogP) is 1.13. The van der Waals surface area contributed by atoms with Crippen LogP contribution in [-0.2, 0) is 4.79 Å². The highest BCUT2D eigenvalue weighted by Crippen LogP contribution is 2.03. The number of hydrogen-bond acceptors (Lipinski definition) is 1. The smallest absolute Gasteiger partial charge is 0.160 e. The van der Waals surface area contributed by atoms with Gasteiger partial charge < -0.3 is 4.79 Å². The number of hydrogen-bond donors (Lipinski definition) is 0. The van der Waals surface area contributed by atoms with Crippen LogP contribution in [0.4, 0.5) is 8.78 Å². The van der Waals surface area contributed by atoms with Gasteiger partial charge in [-0.05, 0) is 0 Å². The highest BCUT2D eigenvalue weighted by molar-refractivity contribution is 5.56. The molecule has 0 rings (SSSR count). The summed E-state index contributed by atoms with van der Waals surface area (Å²) in [5.74, 6) is -0.785. The summed E-state index contributed by atoms with van der Waals surface area (Å²) < 4.78 is 23.3. The van der Waals surface area contributed by atoms with Gasteiger partial charge in [-0.1, -0.05) is 6.92 Å². The summed E-state index contributed by atoms with van der Waals surface area (Å²) in [6.45, 7) is 0.568. The van der Waals surface area contributed by atoms with Gasteiger partial charge in [0, 0.05) is 5.92 Å². The van der Waals surface area contributed by atoms with Gasteiger partial charge >= 0.3 is 0 Å². The molecule has 0 heterocycles. The van der Waals surface area contributed by atoms with Crippen LogP contribution in [0.5, 0.6) is 0 Å². The Morgan fingerprint density at radius 3 is 2.38 bits per heavy atom. The Labute approximate surface area is 46.7 Å². The lowest BCUT2D eigenvalue weighted by molar-refractivity contribution is -0.113. The molecule has 0 fully saturated rings. The van der Waals surface area contributed by atoms with Crippen molar-refractivity contribution >= 4 is 6.29 Å². The van der Waals surface area contributed by atoms with Crippen molar-refractivity contribution in [1.82, 2.24) is 0 Å². The molecule has 2 unspecified atom stereocenters. The Balaban J connectivity index is 3.44. The monoisotopic (exact) mass is 122 g/mol. The lowest BCUT2D eigenvalue weighted by atomic mass is 10.1. The average molecular weight is 122 g/mol. The van der Waals surface area contributed by atoms with Crippen LogP contribution >= 0.6 is 0 Å². The fraction of sp³-hybridized carbons (Fsp3) is 0.800. The molecule has 0 saturated carbocycles. The summed E-state index contributed by atoms with van der Waals surface area (Å²) >= 11 is 0. The number of rotatable bonds is 3. The molecular formula is C5H8F2O. The molecule has 0 aromatic rings. The van der Waals surface area contributed by atoms with E-state index in [1.165, 1.54) is 6.92 Å². The maximum atomic E-state index is 11.9.